The normalized spacial score (nSPS) is 19.8. The summed E-state index contributed by atoms with van der Waals surface area (Å²) in [5.41, 5.74) is 8.21. The van der Waals surface area contributed by atoms with Crippen molar-refractivity contribution in [3.63, 3.8) is 0 Å². The van der Waals surface area contributed by atoms with Gasteiger partial charge in [0.1, 0.15) is 10.9 Å². The van der Waals surface area contributed by atoms with E-state index >= 15 is 0 Å². The van der Waals surface area contributed by atoms with E-state index in [0.717, 1.165) is 18.2 Å². The first-order valence-corrected chi connectivity index (χ1v) is 8.55. The van der Waals surface area contributed by atoms with Crippen LogP contribution in [-0.2, 0) is 0 Å². The molecule has 2 N–H and O–H groups in total. The minimum atomic E-state index is 0.608. The molecular formula is C16H23N3S. The van der Waals surface area contributed by atoms with Gasteiger partial charge < -0.3 is 10.6 Å². The molecule has 0 aliphatic heterocycles. The Morgan fingerprint density at radius 1 is 1.25 bits per heavy atom. The van der Waals surface area contributed by atoms with E-state index in [2.05, 4.69) is 18.0 Å². The molecule has 0 radical (unpaired) electrons. The topological polar surface area (TPSA) is 53.0 Å². The maximum Gasteiger partial charge on any atom is 0.130 e. The van der Waals surface area contributed by atoms with Gasteiger partial charge in [-0.05, 0) is 37.5 Å². The highest BCUT2D eigenvalue weighted by molar-refractivity contribution is 7.17. The number of hydrogen-bond donors (Lipinski definition) is 1. The smallest absolute Gasteiger partial charge is 0.130 e. The van der Waals surface area contributed by atoms with Gasteiger partial charge in [-0.3, -0.25) is 0 Å². The first-order chi connectivity index (χ1) is 9.70. The molecule has 0 spiro atoms. The number of anilines is 2. The average Bonchev–Trinajstić information content (AvgIpc) is 3.23. The first-order valence-electron chi connectivity index (χ1n) is 7.74. The molecule has 0 atom stereocenters. The molecule has 0 amide bonds. The number of nitrogens with two attached hydrogens (primary N) is 1. The summed E-state index contributed by atoms with van der Waals surface area (Å²) in [6.45, 7) is 1.12. The molecule has 0 saturated heterocycles. The molecule has 2 aliphatic carbocycles. The van der Waals surface area contributed by atoms with Gasteiger partial charge in [0.25, 0.3) is 0 Å². The van der Waals surface area contributed by atoms with E-state index in [4.69, 9.17) is 5.73 Å². The van der Waals surface area contributed by atoms with Crippen molar-refractivity contribution in [2.45, 2.75) is 50.9 Å². The van der Waals surface area contributed by atoms with E-state index in [1.165, 1.54) is 55.5 Å². The van der Waals surface area contributed by atoms with Crippen LogP contribution in [0.2, 0.25) is 0 Å². The molecule has 3 rings (SSSR count). The van der Waals surface area contributed by atoms with Gasteiger partial charge in [0, 0.05) is 19.2 Å². The van der Waals surface area contributed by atoms with Crippen LogP contribution in [0.3, 0.4) is 0 Å². The van der Waals surface area contributed by atoms with Crippen molar-refractivity contribution in [3.05, 3.63) is 10.4 Å². The SMILES string of the molecule is CN(CC1CCCCC1)c1sc(C#N)c(N)c1C1CC1. The summed E-state index contributed by atoms with van der Waals surface area (Å²) in [7, 11) is 2.17. The Bertz CT molecular complexity index is 519. The lowest BCUT2D eigenvalue weighted by molar-refractivity contribution is 0.362. The van der Waals surface area contributed by atoms with Crippen LogP contribution in [0.15, 0.2) is 0 Å². The zero-order chi connectivity index (χ0) is 14.1. The minimum absolute atomic E-state index is 0.608. The summed E-state index contributed by atoms with van der Waals surface area (Å²) < 4.78 is 0. The second kappa shape index (κ2) is 5.65. The van der Waals surface area contributed by atoms with E-state index in [1.54, 1.807) is 11.3 Å². The zero-order valence-electron chi connectivity index (χ0n) is 12.2. The Morgan fingerprint density at radius 2 is 1.95 bits per heavy atom. The summed E-state index contributed by atoms with van der Waals surface area (Å²) in [5.74, 6) is 1.42. The number of nitrogens with zero attached hydrogens (tertiary/aromatic N) is 2. The average molecular weight is 289 g/mol. The molecule has 0 aromatic carbocycles. The van der Waals surface area contributed by atoms with Crippen LogP contribution >= 0.6 is 11.3 Å². The molecule has 108 valence electrons. The summed E-state index contributed by atoms with van der Waals surface area (Å²) in [6.07, 6.45) is 9.34. The van der Waals surface area contributed by atoms with Crippen molar-refractivity contribution in [3.8, 4) is 6.07 Å². The monoisotopic (exact) mass is 289 g/mol. The van der Waals surface area contributed by atoms with Crippen LogP contribution in [0, 0.1) is 17.2 Å². The summed E-state index contributed by atoms with van der Waals surface area (Å²) in [6, 6.07) is 2.26. The lowest BCUT2D eigenvalue weighted by Gasteiger charge is -2.28. The van der Waals surface area contributed by atoms with Crippen molar-refractivity contribution in [1.82, 2.24) is 0 Å². The highest BCUT2D eigenvalue weighted by atomic mass is 32.1. The Morgan fingerprint density at radius 3 is 2.55 bits per heavy atom. The molecule has 0 bridgehead atoms. The fraction of sp³-hybridized carbons (Fsp3) is 0.688. The molecule has 20 heavy (non-hydrogen) atoms. The van der Waals surface area contributed by atoms with E-state index < -0.39 is 0 Å². The van der Waals surface area contributed by atoms with Crippen molar-refractivity contribution in [1.29, 1.82) is 5.26 Å². The fourth-order valence-corrected chi connectivity index (χ4v) is 4.49. The van der Waals surface area contributed by atoms with Crippen LogP contribution in [0.25, 0.3) is 0 Å². The van der Waals surface area contributed by atoms with Crippen LogP contribution < -0.4 is 10.6 Å². The molecule has 1 heterocycles. The second-order valence-electron chi connectivity index (χ2n) is 6.33. The molecule has 4 heteroatoms. The number of thiophene rings is 1. The molecule has 2 fully saturated rings. The summed E-state index contributed by atoms with van der Waals surface area (Å²) in [5, 5.41) is 10.5. The van der Waals surface area contributed by atoms with Crippen LogP contribution in [0.4, 0.5) is 10.7 Å². The third kappa shape index (κ3) is 2.64. The molecule has 1 aromatic heterocycles. The Hall–Kier alpha value is -1.21. The van der Waals surface area contributed by atoms with Gasteiger partial charge in [-0.1, -0.05) is 19.3 Å². The predicted octanol–water partition coefficient (Wildman–Crippen LogP) is 4.10. The Kier molecular flexibility index (Phi) is 3.89. The Labute approximate surface area is 125 Å². The van der Waals surface area contributed by atoms with Gasteiger partial charge in [-0.2, -0.15) is 5.26 Å². The number of hydrogen-bond acceptors (Lipinski definition) is 4. The molecule has 1 aromatic rings. The maximum atomic E-state index is 9.22. The third-order valence-corrected chi connectivity index (χ3v) is 5.89. The third-order valence-electron chi connectivity index (χ3n) is 4.65. The lowest BCUT2D eigenvalue weighted by Crippen LogP contribution is -2.26. The highest BCUT2D eigenvalue weighted by Crippen LogP contribution is 2.51. The van der Waals surface area contributed by atoms with E-state index in [9.17, 15) is 5.26 Å². The molecule has 3 nitrogen and oxygen atoms in total. The van der Waals surface area contributed by atoms with Crippen LogP contribution in [-0.4, -0.2) is 13.6 Å². The van der Waals surface area contributed by atoms with Crippen molar-refractivity contribution in [2.24, 2.45) is 5.92 Å². The lowest BCUT2D eigenvalue weighted by atomic mass is 9.89. The van der Waals surface area contributed by atoms with Gasteiger partial charge in [-0.25, -0.2) is 0 Å². The van der Waals surface area contributed by atoms with Gasteiger partial charge in [0.05, 0.1) is 10.7 Å². The minimum Gasteiger partial charge on any atom is -0.397 e. The summed E-state index contributed by atoms with van der Waals surface area (Å²) >= 11 is 1.59. The van der Waals surface area contributed by atoms with E-state index in [-0.39, 0.29) is 0 Å². The van der Waals surface area contributed by atoms with Crippen LogP contribution in [0.5, 0.6) is 0 Å². The summed E-state index contributed by atoms with van der Waals surface area (Å²) in [4.78, 5) is 3.07. The standard InChI is InChI=1S/C16H23N3S/c1-19(10-11-5-3-2-4-6-11)16-14(12-7-8-12)15(18)13(9-17)20-16/h11-12H,2-8,10,18H2,1H3. The molecule has 0 unspecified atom stereocenters. The van der Waals surface area contributed by atoms with Gasteiger partial charge in [0.15, 0.2) is 0 Å². The highest BCUT2D eigenvalue weighted by Gasteiger charge is 2.33. The number of nitriles is 1. The van der Waals surface area contributed by atoms with E-state index in [0.29, 0.717) is 10.8 Å². The first kappa shape index (κ1) is 13.8. The van der Waals surface area contributed by atoms with Crippen molar-refractivity contribution >= 4 is 22.0 Å². The van der Waals surface area contributed by atoms with Gasteiger partial charge >= 0.3 is 0 Å². The van der Waals surface area contributed by atoms with Crippen molar-refractivity contribution < 1.29 is 0 Å². The zero-order valence-corrected chi connectivity index (χ0v) is 13.0. The maximum absolute atomic E-state index is 9.22. The largest absolute Gasteiger partial charge is 0.397 e. The van der Waals surface area contributed by atoms with Crippen molar-refractivity contribution in [2.75, 3.05) is 24.2 Å². The molecular weight excluding hydrogens is 266 g/mol. The number of nitrogen functional groups attached to an aromatic ring is 1. The quantitative estimate of drug-likeness (QED) is 0.908. The molecule has 2 aliphatic rings. The van der Waals surface area contributed by atoms with Crippen LogP contribution in [0.1, 0.15) is 61.3 Å². The number of rotatable bonds is 4. The second-order valence-corrected chi connectivity index (χ2v) is 7.33. The van der Waals surface area contributed by atoms with Gasteiger partial charge in [0.2, 0.25) is 0 Å². The van der Waals surface area contributed by atoms with Gasteiger partial charge in [-0.15, -0.1) is 11.3 Å². The molecule has 2 saturated carbocycles. The predicted molar refractivity (Wildman–Crippen MR) is 85.3 cm³/mol. The Balaban J connectivity index is 1.79. The van der Waals surface area contributed by atoms with E-state index in [1.807, 2.05) is 0 Å². The fourth-order valence-electron chi connectivity index (χ4n) is 3.42.